The second-order valence-corrected chi connectivity index (χ2v) is 5.24. The van der Waals surface area contributed by atoms with Gasteiger partial charge in [0.15, 0.2) is 5.13 Å². The summed E-state index contributed by atoms with van der Waals surface area (Å²) in [5, 5.41) is 11.9. The Hall–Kier alpha value is -1.42. The molecule has 0 radical (unpaired) electrons. The number of amides is 1. The van der Waals surface area contributed by atoms with Gasteiger partial charge in [0.2, 0.25) is 5.91 Å². The monoisotopic (exact) mass is 280 g/mol. The zero-order valence-electron chi connectivity index (χ0n) is 10.5. The average molecular weight is 280 g/mol. The van der Waals surface area contributed by atoms with E-state index in [1.807, 2.05) is 0 Å². The summed E-state index contributed by atoms with van der Waals surface area (Å²) in [6.45, 7) is 0.632. The van der Waals surface area contributed by atoms with E-state index in [0.29, 0.717) is 11.6 Å². The van der Waals surface area contributed by atoms with Crippen LogP contribution in [0.15, 0.2) is 6.20 Å². The van der Waals surface area contributed by atoms with Crippen molar-refractivity contribution in [3.8, 4) is 11.8 Å². The summed E-state index contributed by atoms with van der Waals surface area (Å²) in [4.78, 5) is 16.5. The summed E-state index contributed by atoms with van der Waals surface area (Å²) in [7, 11) is 0. The molecule has 2 heterocycles. The maximum absolute atomic E-state index is 11.7. The lowest BCUT2D eigenvalue weighted by atomic mass is 10.1. The molecule has 2 rings (SSSR count). The van der Waals surface area contributed by atoms with Crippen molar-refractivity contribution >= 4 is 22.4 Å². The zero-order valence-corrected chi connectivity index (χ0v) is 11.3. The Morgan fingerprint density at radius 1 is 1.68 bits per heavy atom. The Labute approximate surface area is 116 Å². The third-order valence-corrected chi connectivity index (χ3v) is 3.59. The number of hydrogen-bond donors (Lipinski definition) is 2. The van der Waals surface area contributed by atoms with Crippen LogP contribution in [0.4, 0.5) is 5.13 Å². The Balaban J connectivity index is 1.76. The molecule has 1 aromatic rings. The summed E-state index contributed by atoms with van der Waals surface area (Å²) in [6.07, 6.45) is 5.16. The van der Waals surface area contributed by atoms with E-state index in [2.05, 4.69) is 22.1 Å². The molecule has 0 saturated carbocycles. The fourth-order valence-electron chi connectivity index (χ4n) is 1.86. The Morgan fingerprint density at radius 2 is 2.58 bits per heavy atom. The largest absolute Gasteiger partial charge is 0.384 e. The van der Waals surface area contributed by atoms with Gasteiger partial charge in [0, 0.05) is 13.0 Å². The van der Waals surface area contributed by atoms with E-state index in [-0.39, 0.29) is 18.6 Å². The highest BCUT2D eigenvalue weighted by Crippen LogP contribution is 2.19. The number of hydrogen-bond acceptors (Lipinski definition) is 5. The molecule has 0 aromatic carbocycles. The molecule has 102 valence electrons. The van der Waals surface area contributed by atoms with Crippen molar-refractivity contribution in [2.24, 2.45) is 0 Å². The van der Waals surface area contributed by atoms with Crippen molar-refractivity contribution in [2.45, 2.75) is 31.8 Å². The SMILES string of the molecule is O=C(CCC1CCCO1)Nc1ncc(C#CCO)s1. The molecule has 1 aromatic heterocycles. The van der Waals surface area contributed by atoms with Crippen LogP contribution in [0.3, 0.4) is 0 Å². The zero-order chi connectivity index (χ0) is 13.5. The van der Waals surface area contributed by atoms with Gasteiger partial charge in [0.05, 0.1) is 17.2 Å². The van der Waals surface area contributed by atoms with Crippen molar-refractivity contribution in [1.82, 2.24) is 4.98 Å². The number of aromatic nitrogens is 1. The van der Waals surface area contributed by atoms with Gasteiger partial charge in [-0.1, -0.05) is 23.2 Å². The number of carbonyl (C=O) groups is 1. The minimum absolute atomic E-state index is 0.0495. The predicted octanol–water partition coefficient (Wildman–Crippen LogP) is 1.38. The Morgan fingerprint density at radius 3 is 3.32 bits per heavy atom. The fraction of sp³-hybridized carbons (Fsp3) is 0.538. The van der Waals surface area contributed by atoms with Gasteiger partial charge < -0.3 is 15.2 Å². The summed E-state index contributed by atoms with van der Waals surface area (Å²) in [6, 6.07) is 0. The first-order valence-electron chi connectivity index (χ1n) is 6.25. The molecule has 0 spiro atoms. The molecule has 6 heteroatoms. The highest BCUT2D eigenvalue weighted by Gasteiger charge is 2.17. The molecule has 1 unspecified atom stereocenters. The van der Waals surface area contributed by atoms with Gasteiger partial charge in [0.25, 0.3) is 0 Å². The number of aliphatic hydroxyl groups is 1. The highest BCUT2D eigenvalue weighted by atomic mass is 32.1. The number of carbonyl (C=O) groups excluding carboxylic acids is 1. The van der Waals surface area contributed by atoms with E-state index in [1.165, 1.54) is 11.3 Å². The summed E-state index contributed by atoms with van der Waals surface area (Å²) < 4.78 is 5.47. The lowest BCUT2D eigenvalue weighted by molar-refractivity contribution is -0.116. The third-order valence-electron chi connectivity index (χ3n) is 2.76. The first-order valence-corrected chi connectivity index (χ1v) is 7.06. The van der Waals surface area contributed by atoms with E-state index in [1.54, 1.807) is 6.20 Å². The van der Waals surface area contributed by atoms with Crippen LogP contribution >= 0.6 is 11.3 Å². The second-order valence-electron chi connectivity index (χ2n) is 4.21. The number of thiazole rings is 1. The Kier molecular flexibility index (Phi) is 5.33. The van der Waals surface area contributed by atoms with Crippen LogP contribution in [0.1, 0.15) is 30.6 Å². The summed E-state index contributed by atoms with van der Waals surface area (Å²) in [5.74, 6) is 5.24. The minimum Gasteiger partial charge on any atom is -0.384 e. The van der Waals surface area contributed by atoms with Crippen LogP contribution in [-0.2, 0) is 9.53 Å². The molecular weight excluding hydrogens is 264 g/mol. The third kappa shape index (κ3) is 4.63. The van der Waals surface area contributed by atoms with Crippen molar-refractivity contribution < 1.29 is 14.6 Å². The molecule has 1 aliphatic rings. The molecule has 0 aliphatic carbocycles. The van der Waals surface area contributed by atoms with Gasteiger partial charge in [-0.2, -0.15) is 0 Å². The second kappa shape index (κ2) is 7.24. The van der Waals surface area contributed by atoms with E-state index in [0.717, 1.165) is 30.7 Å². The van der Waals surface area contributed by atoms with Gasteiger partial charge in [-0.15, -0.1) is 0 Å². The quantitative estimate of drug-likeness (QED) is 0.818. The van der Waals surface area contributed by atoms with Gasteiger partial charge in [-0.3, -0.25) is 4.79 Å². The molecule has 5 nitrogen and oxygen atoms in total. The standard InChI is InChI=1S/C13H16N2O3S/c16-7-1-4-11-9-14-13(19-11)15-12(17)6-5-10-3-2-8-18-10/h9-10,16H,2-3,5-8H2,(H,14,15,17). The minimum atomic E-state index is -0.180. The topological polar surface area (TPSA) is 71.5 Å². The van der Waals surface area contributed by atoms with Crippen molar-refractivity contribution in [3.05, 3.63) is 11.1 Å². The molecular formula is C13H16N2O3S. The van der Waals surface area contributed by atoms with Crippen molar-refractivity contribution in [1.29, 1.82) is 0 Å². The van der Waals surface area contributed by atoms with Gasteiger partial charge in [0.1, 0.15) is 6.61 Å². The van der Waals surface area contributed by atoms with E-state index >= 15 is 0 Å². The predicted molar refractivity (Wildman–Crippen MR) is 72.9 cm³/mol. The van der Waals surface area contributed by atoms with E-state index in [9.17, 15) is 4.79 Å². The van der Waals surface area contributed by atoms with Crippen molar-refractivity contribution in [3.63, 3.8) is 0 Å². The lowest BCUT2D eigenvalue weighted by Crippen LogP contribution is -2.15. The summed E-state index contributed by atoms with van der Waals surface area (Å²) in [5.41, 5.74) is 0. The van der Waals surface area contributed by atoms with Crippen LogP contribution in [0.2, 0.25) is 0 Å². The Bertz CT molecular complexity index is 484. The van der Waals surface area contributed by atoms with Crippen LogP contribution in [-0.4, -0.2) is 35.3 Å². The van der Waals surface area contributed by atoms with E-state index < -0.39 is 0 Å². The number of anilines is 1. The maximum atomic E-state index is 11.7. The van der Waals surface area contributed by atoms with Crippen LogP contribution in [0.25, 0.3) is 0 Å². The molecule has 1 aliphatic heterocycles. The van der Waals surface area contributed by atoms with Crippen LogP contribution in [0.5, 0.6) is 0 Å². The molecule has 1 atom stereocenters. The molecule has 1 amide bonds. The lowest BCUT2D eigenvalue weighted by Gasteiger charge is -2.07. The first-order chi connectivity index (χ1) is 9.28. The van der Waals surface area contributed by atoms with E-state index in [4.69, 9.17) is 9.84 Å². The van der Waals surface area contributed by atoms with Gasteiger partial charge >= 0.3 is 0 Å². The molecule has 0 bridgehead atoms. The number of aliphatic hydroxyl groups excluding tert-OH is 1. The number of nitrogens with one attached hydrogen (secondary N) is 1. The summed E-state index contributed by atoms with van der Waals surface area (Å²) >= 11 is 1.30. The van der Waals surface area contributed by atoms with Crippen molar-refractivity contribution in [2.75, 3.05) is 18.5 Å². The van der Waals surface area contributed by atoms with Crippen LogP contribution < -0.4 is 5.32 Å². The molecule has 2 N–H and O–H groups in total. The number of nitrogens with zero attached hydrogens (tertiary/aromatic N) is 1. The number of ether oxygens (including phenoxy) is 1. The molecule has 19 heavy (non-hydrogen) atoms. The van der Waals surface area contributed by atoms with Gasteiger partial charge in [-0.05, 0) is 19.3 Å². The fourth-order valence-corrected chi connectivity index (χ4v) is 2.57. The molecule has 1 saturated heterocycles. The van der Waals surface area contributed by atoms with Crippen LogP contribution in [0, 0.1) is 11.8 Å². The maximum Gasteiger partial charge on any atom is 0.226 e. The molecule has 1 fully saturated rings. The highest BCUT2D eigenvalue weighted by molar-refractivity contribution is 7.16. The smallest absolute Gasteiger partial charge is 0.226 e. The normalized spacial score (nSPS) is 17.8. The first kappa shape index (κ1) is 14.0. The van der Waals surface area contributed by atoms with Gasteiger partial charge in [-0.25, -0.2) is 4.98 Å². The number of rotatable bonds is 4. The average Bonchev–Trinajstić information content (AvgIpc) is 3.05.